The quantitative estimate of drug-likeness (QED) is 0.641. The average Bonchev–Trinajstić information content (AvgIpc) is 2.32. The summed E-state index contributed by atoms with van der Waals surface area (Å²) in [6, 6.07) is 6.58. The number of rotatable bonds is 0. The van der Waals surface area contributed by atoms with Gasteiger partial charge in [0.2, 0.25) is 0 Å². The lowest BCUT2D eigenvalue weighted by Crippen LogP contribution is -1.69. The van der Waals surface area contributed by atoms with E-state index in [2.05, 4.69) is 53.1 Å². The van der Waals surface area contributed by atoms with E-state index in [9.17, 15) is 0 Å². The van der Waals surface area contributed by atoms with E-state index in [1.54, 1.807) is 0 Å². The molecular formula is C9H7IS. The SMILES string of the molecule is Cc1csc2cc(I)ccc12. The van der Waals surface area contributed by atoms with Gasteiger partial charge in [-0.05, 0) is 58.0 Å². The summed E-state index contributed by atoms with van der Waals surface area (Å²) in [5.74, 6) is 0. The fraction of sp³-hybridized carbons (Fsp3) is 0.111. The molecule has 56 valence electrons. The Kier molecular flexibility index (Phi) is 1.89. The molecule has 0 atom stereocenters. The van der Waals surface area contributed by atoms with Crippen LogP contribution in [-0.4, -0.2) is 0 Å². The topological polar surface area (TPSA) is 0 Å². The Bertz CT molecular complexity index is 389. The molecule has 0 aliphatic carbocycles. The fourth-order valence-electron chi connectivity index (χ4n) is 1.13. The number of halogens is 1. The predicted octanol–water partition coefficient (Wildman–Crippen LogP) is 3.81. The molecule has 0 fully saturated rings. The van der Waals surface area contributed by atoms with Gasteiger partial charge in [0, 0.05) is 8.27 Å². The minimum atomic E-state index is 1.32. The first-order valence-electron chi connectivity index (χ1n) is 3.41. The zero-order valence-electron chi connectivity index (χ0n) is 6.10. The van der Waals surface area contributed by atoms with Crippen molar-refractivity contribution >= 4 is 44.0 Å². The third-order valence-corrected chi connectivity index (χ3v) is 3.47. The highest BCUT2D eigenvalue weighted by molar-refractivity contribution is 14.1. The molecule has 1 aromatic carbocycles. The molecule has 0 bridgehead atoms. The van der Waals surface area contributed by atoms with E-state index < -0.39 is 0 Å². The predicted molar refractivity (Wildman–Crippen MR) is 59.3 cm³/mol. The summed E-state index contributed by atoms with van der Waals surface area (Å²) in [5.41, 5.74) is 1.39. The molecule has 2 heteroatoms. The molecule has 1 heterocycles. The molecule has 1 aromatic heterocycles. The molecule has 0 aliphatic rings. The van der Waals surface area contributed by atoms with Crippen molar-refractivity contribution in [1.29, 1.82) is 0 Å². The molecule has 0 radical (unpaired) electrons. The molecule has 0 N–H and O–H groups in total. The van der Waals surface area contributed by atoms with Gasteiger partial charge in [0.1, 0.15) is 0 Å². The summed E-state index contributed by atoms with van der Waals surface area (Å²) in [5, 5.41) is 3.61. The van der Waals surface area contributed by atoms with Crippen molar-refractivity contribution in [3.8, 4) is 0 Å². The van der Waals surface area contributed by atoms with Gasteiger partial charge in [-0.15, -0.1) is 11.3 Å². The molecule has 0 nitrogen and oxygen atoms in total. The molecule has 0 amide bonds. The molecule has 0 unspecified atom stereocenters. The number of benzene rings is 1. The average molecular weight is 274 g/mol. The second-order valence-corrected chi connectivity index (χ2v) is 4.72. The lowest BCUT2D eigenvalue weighted by molar-refractivity contribution is 1.59. The van der Waals surface area contributed by atoms with E-state index in [0.717, 1.165) is 0 Å². The van der Waals surface area contributed by atoms with Gasteiger partial charge < -0.3 is 0 Å². The lowest BCUT2D eigenvalue weighted by atomic mass is 10.2. The van der Waals surface area contributed by atoms with Crippen molar-refractivity contribution in [3.05, 3.63) is 32.7 Å². The zero-order chi connectivity index (χ0) is 7.84. The van der Waals surface area contributed by atoms with Crippen LogP contribution in [0.4, 0.5) is 0 Å². The molecule has 2 aromatic rings. The Balaban J connectivity index is 2.86. The van der Waals surface area contributed by atoms with Gasteiger partial charge >= 0.3 is 0 Å². The Labute approximate surface area is 83.4 Å². The largest absolute Gasteiger partial charge is 0.143 e. The molecule has 0 spiro atoms. The molecule has 11 heavy (non-hydrogen) atoms. The summed E-state index contributed by atoms with van der Waals surface area (Å²) >= 11 is 4.17. The van der Waals surface area contributed by atoms with Gasteiger partial charge in [-0.25, -0.2) is 0 Å². The number of hydrogen-bond donors (Lipinski definition) is 0. The van der Waals surface area contributed by atoms with Gasteiger partial charge in [0.05, 0.1) is 0 Å². The summed E-state index contributed by atoms with van der Waals surface area (Å²) < 4.78 is 2.71. The summed E-state index contributed by atoms with van der Waals surface area (Å²) in [6.45, 7) is 2.16. The van der Waals surface area contributed by atoms with E-state index in [1.807, 2.05) is 11.3 Å². The van der Waals surface area contributed by atoms with Gasteiger partial charge in [-0.2, -0.15) is 0 Å². The number of thiophene rings is 1. The van der Waals surface area contributed by atoms with Crippen LogP contribution < -0.4 is 0 Å². The van der Waals surface area contributed by atoms with Crippen molar-refractivity contribution in [2.24, 2.45) is 0 Å². The van der Waals surface area contributed by atoms with E-state index >= 15 is 0 Å². The third kappa shape index (κ3) is 1.29. The highest BCUT2D eigenvalue weighted by Gasteiger charge is 1.98. The van der Waals surface area contributed by atoms with Crippen LogP contribution in [0, 0.1) is 10.5 Å². The van der Waals surface area contributed by atoms with Crippen LogP contribution in [0.1, 0.15) is 5.56 Å². The Morgan fingerprint density at radius 2 is 2.18 bits per heavy atom. The van der Waals surface area contributed by atoms with E-state index in [0.29, 0.717) is 0 Å². The molecule has 2 rings (SSSR count). The maximum absolute atomic E-state index is 2.34. The maximum atomic E-state index is 2.34. The summed E-state index contributed by atoms with van der Waals surface area (Å²) in [4.78, 5) is 0. The minimum Gasteiger partial charge on any atom is -0.143 e. The van der Waals surface area contributed by atoms with E-state index in [-0.39, 0.29) is 0 Å². The standard InChI is InChI=1S/C9H7IS/c1-6-5-11-9-4-7(10)2-3-8(6)9/h2-5H,1H3. The second-order valence-electron chi connectivity index (χ2n) is 2.56. The first kappa shape index (κ1) is 7.55. The minimum absolute atomic E-state index is 1.32. The van der Waals surface area contributed by atoms with Crippen LogP contribution in [0.2, 0.25) is 0 Å². The van der Waals surface area contributed by atoms with Crippen molar-refractivity contribution in [2.75, 3.05) is 0 Å². The first-order valence-corrected chi connectivity index (χ1v) is 5.36. The van der Waals surface area contributed by atoms with Crippen LogP contribution in [-0.2, 0) is 0 Å². The van der Waals surface area contributed by atoms with Gasteiger partial charge in [-0.3, -0.25) is 0 Å². The van der Waals surface area contributed by atoms with Crippen LogP contribution in [0.3, 0.4) is 0 Å². The second kappa shape index (κ2) is 2.75. The fourth-order valence-corrected chi connectivity index (χ4v) is 2.82. The summed E-state index contributed by atoms with van der Waals surface area (Å²) in [6.07, 6.45) is 0. The zero-order valence-corrected chi connectivity index (χ0v) is 9.07. The van der Waals surface area contributed by atoms with Gasteiger partial charge in [0.15, 0.2) is 0 Å². The van der Waals surface area contributed by atoms with Gasteiger partial charge in [-0.1, -0.05) is 6.07 Å². The Hall–Kier alpha value is -0.0900. The smallest absolute Gasteiger partial charge is 0.0355 e. The Morgan fingerprint density at radius 1 is 1.36 bits per heavy atom. The Morgan fingerprint density at radius 3 is 3.00 bits per heavy atom. The van der Waals surface area contributed by atoms with Crippen LogP contribution in [0.25, 0.3) is 10.1 Å². The number of aryl methyl sites for hydroxylation is 1. The van der Waals surface area contributed by atoms with Crippen LogP contribution in [0.15, 0.2) is 23.6 Å². The van der Waals surface area contributed by atoms with Crippen molar-refractivity contribution < 1.29 is 0 Å². The molecule has 0 aliphatic heterocycles. The van der Waals surface area contributed by atoms with Crippen molar-refractivity contribution in [3.63, 3.8) is 0 Å². The number of fused-ring (bicyclic) bond motifs is 1. The molecular weight excluding hydrogens is 267 g/mol. The highest BCUT2D eigenvalue weighted by Crippen LogP contribution is 2.26. The van der Waals surface area contributed by atoms with Gasteiger partial charge in [0.25, 0.3) is 0 Å². The lowest BCUT2D eigenvalue weighted by Gasteiger charge is -1.91. The van der Waals surface area contributed by atoms with E-state index in [1.165, 1.54) is 19.2 Å². The maximum Gasteiger partial charge on any atom is 0.0355 e. The van der Waals surface area contributed by atoms with Crippen LogP contribution >= 0.6 is 33.9 Å². The van der Waals surface area contributed by atoms with E-state index in [4.69, 9.17) is 0 Å². The normalized spacial score (nSPS) is 10.7. The van der Waals surface area contributed by atoms with Crippen LogP contribution in [0.5, 0.6) is 0 Å². The molecule has 0 saturated heterocycles. The highest BCUT2D eigenvalue weighted by atomic mass is 127. The van der Waals surface area contributed by atoms with Crippen molar-refractivity contribution in [1.82, 2.24) is 0 Å². The number of hydrogen-bond acceptors (Lipinski definition) is 1. The molecule has 0 saturated carbocycles. The third-order valence-electron chi connectivity index (χ3n) is 1.73. The van der Waals surface area contributed by atoms with Crippen molar-refractivity contribution in [2.45, 2.75) is 6.92 Å². The first-order chi connectivity index (χ1) is 5.27. The summed E-state index contributed by atoms with van der Waals surface area (Å²) in [7, 11) is 0. The monoisotopic (exact) mass is 274 g/mol.